The number of hydrogen-bond donors (Lipinski definition) is 0. The molecule has 1 aromatic rings. The van der Waals surface area contributed by atoms with Crippen molar-refractivity contribution in [3.05, 3.63) is 63.9 Å². The fourth-order valence-electron chi connectivity index (χ4n) is 1.31. The minimum absolute atomic E-state index is 0.512. The minimum atomic E-state index is 0.512. The van der Waals surface area contributed by atoms with Crippen molar-refractivity contribution < 1.29 is 0 Å². The highest BCUT2D eigenvalue weighted by Gasteiger charge is 2.02. The maximum atomic E-state index is 4.10. The first kappa shape index (κ1) is 14.8. The van der Waals surface area contributed by atoms with Gasteiger partial charge in [-0.3, -0.25) is 0 Å². The topological polar surface area (TPSA) is 0 Å². The third-order valence-electron chi connectivity index (χ3n) is 2.69. The summed E-state index contributed by atoms with van der Waals surface area (Å²) >= 11 is 1.76. The quantitative estimate of drug-likeness (QED) is 0.600. The van der Waals surface area contributed by atoms with Crippen LogP contribution in [0.25, 0.3) is 6.08 Å². The first-order chi connectivity index (χ1) is 8.52. The van der Waals surface area contributed by atoms with Gasteiger partial charge in [0.15, 0.2) is 0 Å². The van der Waals surface area contributed by atoms with Crippen LogP contribution in [0.5, 0.6) is 0 Å². The smallest absolute Gasteiger partial charge is 0.00760 e. The normalized spacial score (nSPS) is 12.4. The highest BCUT2D eigenvalue weighted by molar-refractivity contribution is 8.06. The second-order valence-electron chi connectivity index (χ2n) is 4.66. The van der Waals surface area contributed by atoms with Crippen LogP contribution in [0.3, 0.4) is 0 Å². The van der Waals surface area contributed by atoms with Crippen LogP contribution in [0.2, 0.25) is 0 Å². The summed E-state index contributed by atoms with van der Waals surface area (Å²) in [4.78, 5) is 2.45. The van der Waals surface area contributed by atoms with Crippen molar-refractivity contribution in [2.45, 2.75) is 27.7 Å². The first-order valence-electron chi connectivity index (χ1n) is 6.30. The summed E-state index contributed by atoms with van der Waals surface area (Å²) in [7, 11) is 0. The van der Waals surface area contributed by atoms with E-state index in [1.165, 1.54) is 20.9 Å². The Balaban J connectivity index is 2.69. The molecule has 0 aliphatic heterocycles. The highest BCUT2D eigenvalue weighted by atomic mass is 32.2. The molecule has 0 saturated heterocycles. The molecule has 96 valence electrons. The van der Waals surface area contributed by atoms with Crippen molar-refractivity contribution in [3.63, 3.8) is 0 Å². The molecule has 0 heterocycles. The molecule has 1 aromatic carbocycles. The van der Waals surface area contributed by atoms with Crippen molar-refractivity contribution >= 4 is 17.8 Å². The standard InChI is InChI=1S/C17H22S/c1-6-17(18-15(5)13(2)3)12-11-16-9-7-14(4)8-10-16/h6-13H,5H2,1-4H3/b12-11+,17-6-. The van der Waals surface area contributed by atoms with E-state index in [2.05, 4.69) is 76.8 Å². The zero-order valence-corrected chi connectivity index (χ0v) is 12.6. The second-order valence-corrected chi connectivity index (χ2v) is 5.86. The summed E-state index contributed by atoms with van der Waals surface area (Å²) in [5, 5.41) is 0. The van der Waals surface area contributed by atoms with Gasteiger partial charge >= 0.3 is 0 Å². The molecule has 0 fully saturated rings. The summed E-state index contributed by atoms with van der Waals surface area (Å²) in [6.45, 7) is 12.6. The molecule has 0 aliphatic rings. The molecule has 1 rings (SSSR count). The second kappa shape index (κ2) is 7.27. The van der Waals surface area contributed by atoms with Gasteiger partial charge in [0.2, 0.25) is 0 Å². The lowest BCUT2D eigenvalue weighted by Gasteiger charge is -2.08. The highest BCUT2D eigenvalue weighted by Crippen LogP contribution is 2.30. The van der Waals surface area contributed by atoms with Gasteiger partial charge in [0, 0.05) is 4.91 Å². The van der Waals surface area contributed by atoms with E-state index in [1.807, 2.05) is 0 Å². The van der Waals surface area contributed by atoms with Gasteiger partial charge in [-0.15, -0.1) is 0 Å². The lowest BCUT2D eigenvalue weighted by molar-refractivity contribution is 0.820. The summed E-state index contributed by atoms with van der Waals surface area (Å²) in [6.07, 6.45) is 6.43. The van der Waals surface area contributed by atoms with Crippen molar-refractivity contribution in [2.75, 3.05) is 0 Å². The Labute approximate surface area is 116 Å². The molecule has 0 aliphatic carbocycles. The van der Waals surface area contributed by atoms with Crippen LogP contribution >= 0.6 is 11.8 Å². The van der Waals surface area contributed by atoms with Gasteiger partial charge in [0.05, 0.1) is 0 Å². The molecule has 18 heavy (non-hydrogen) atoms. The van der Waals surface area contributed by atoms with Gasteiger partial charge in [0.25, 0.3) is 0 Å². The van der Waals surface area contributed by atoms with Crippen LogP contribution in [-0.4, -0.2) is 0 Å². The van der Waals surface area contributed by atoms with Gasteiger partial charge < -0.3 is 0 Å². The van der Waals surface area contributed by atoms with Gasteiger partial charge in [-0.1, -0.05) is 74.2 Å². The van der Waals surface area contributed by atoms with E-state index in [-0.39, 0.29) is 0 Å². The summed E-state index contributed by atoms with van der Waals surface area (Å²) < 4.78 is 0. The van der Waals surface area contributed by atoms with E-state index in [9.17, 15) is 0 Å². The maximum absolute atomic E-state index is 4.10. The van der Waals surface area contributed by atoms with E-state index < -0.39 is 0 Å². The number of benzene rings is 1. The maximum Gasteiger partial charge on any atom is 0.00760 e. The summed E-state index contributed by atoms with van der Waals surface area (Å²) in [5.74, 6) is 0.512. The Morgan fingerprint density at radius 2 is 1.83 bits per heavy atom. The molecule has 0 atom stereocenters. The Hall–Kier alpha value is -1.21. The molecule has 1 heteroatoms. The van der Waals surface area contributed by atoms with Crippen LogP contribution in [0.1, 0.15) is 31.9 Å². The van der Waals surface area contributed by atoms with Gasteiger partial charge in [-0.05, 0) is 36.3 Å². The molecule has 0 aromatic heterocycles. The minimum Gasteiger partial charge on any atom is -0.0952 e. The molecule has 0 radical (unpaired) electrons. The van der Waals surface area contributed by atoms with Crippen molar-refractivity contribution in [3.8, 4) is 0 Å². The van der Waals surface area contributed by atoms with Crippen molar-refractivity contribution in [1.82, 2.24) is 0 Å². The Morgan fingerprint density at radius 3 is 2.33 bits per heavy atom. The lowest BCUT2D eigenvalue weighted by atomic mass is 10.1. The summed E-state index contributed by atoms with van der Waals surface area (Å²) in [6, 6.07) is 8.55. The monoisotopic (exact) mass is 258 g/mol. The molecule has 0 unspecified atom stereocenters. The van der Waals surface area contributed by atoms with Crippen LogP contribution in [0, 0.1) is 12.8 Å². The average Bonchev–Trinajstić information content (AvgIpc) is 2.35. The van der Waals surface area contributed by atoms with E-state index in [1.54, 1.807) is 11.8 Å². The Morgan fingerprint density at radius 1 is 1.22 bits per heavy atom. The number of allylic oxidation sites excluding steroid dienone is 3. The van der Waals surface area contributed by atoms with E-state index in [0.29, 0.717) is 5.92 Å². The third kappa shape index (κ3) is 4.97. The zero-order valence-electron chi connectivity index (χ0n) is 11.7. The Bertz CT molecular complexity index is 447. The van der Waals surface area contributed by atoms with Gasteiger partial charge in [0.1, 0.15) is 0 Å². The third-order valence-corrected chi connectivity index (χ3v) is 4.04. The van der Waals surface area contributed by atoms with Crippen molar-refractivity contribution in [1.29, 1.82) is 0 Å². The van der Waals surface area contributed by atoms with E-state index in [4.69, 9.17) is 0 Å². The number of hydrogen-bond acceptors (Lipinski definition) is 1. The molecule has 0 N–H and O–H groups in total. The average molecular weight is 258 g/mol. The summed E-state index contributed by atoms with van der Waals surface area (Å²) in [5.41, 5.74) is 2.52. The predicted molar refractivity (Wildman–Crippen MR) is 85.5 cm³/mol. The molecule has 0 bridgehead atoms. The van der Waals surface area contributed by atoms with Crippen LogP contribution in [0.4, 0.5) is 0 Å². The van der Waals surface area contributed by atoms with E-state index in [0.717, 1.165) is 0 Å². The van der Waals surface area contributed by atoms with Crippen LogP contribution in [0.15, 0.2) is 52.8 Å². The number of rotatable bonds is 5. The van der Waals surface area contributed by atoms with Gasteiger partial charge in [-0.25, -0.2) is 0 Å². The zero-order chi connectivity index (χ0) is 13.5. The predicted octanol–water partition coefficient (Wildman–Crippen LogP) is 5.81. The molecule has 0 saturated carbocycles. The molecule has 0 nitrogen and oxygen atoms in total. The molecule has 0 amide bonds. The lowest BCUT2D eigenvalue weighted by Crippen LogP contribution is -1.87. The van der Waals surface area contributed by atoms with Crippen molar-refractivity contribution in [2.24, 2.45) is 5.92 Å². The first-order valence-corrected chi connectivity index (χ1v) is 7.12. The number of thioether (sulfide) groups is 1. The molecular weight excluding hydrogens is 236 g/mol. The van der Waals surface area contributed by atoms with Crippen LogP contribution in [-0.2, 0) is 0 Å². The van der Waals surface area contributed by atoms with Crippen LogP contribution < -0.4 is 0 Å². The largest absolute Gasteiger partial charge is 0.0952 e. The fourth-order valence-corrected chi connectivity index (χ4v) is 2.11. The van der Waals surface area contributed by atoms with Gasteiger partial charge in [-0.2, -0.15) is 0 Å². The SMILES string of the molecule is C=C(SC(=C\C)/C=C/c1ccc(C)cc1)C(C)C. The molecule has 0 spiro atoms. The molecular formula is C17H22S. The van der Waals surface area contributed by atoms with E-state index >= 15 is 0 Å². The Kier molecular flexibility index (Phi) is 6.00. The number of aryl methyl sites for hydroxylation is 1. The fraction of sp³-hybridized carbons (Fsp3) is 0.294.